The molecule has 27 heavy (non-hydrogen) atoms. The van der Waals surface area contributed by atoms with E-state index in [0.29, 0.717) is 16.5 Å². The monoisotopic (exact) mass is 364 g/mol. The fourth-order valence-corrected chi connectivity index (χ4v) is 2.50. The second-order valence-corrected chi connectivity index (χ2v) is 5.84. The molecule has 0 spiro atoms. The Kier molecular flexibility index (Phi) is 5.50. The van der Waals surface area contributed by atoms with Crippen LogP contribution in [0.2, 0.25) is 0 Å². The highest BCUT2D eigenvalue weighted by Gasteiger charge is 2.23. The topological polar surface area (TPSA) is 113 Å². The van der Waals surface area contributed by atoms with Gasteiger partial charge in [-0.25, -0.2) is 4.79 Å². The minimum atomic E-state index is -1.22. The summed E-state index contributed by atoms with van der Waals surface area (Å²) in [6.07, 6.45) is 0. The molecule has 2 aromatic carbocycles. The highest BCUT2D eigenvalue weighted by Crippen LogP contribution is 2.20. The van der Waals surface area contributed by atoms with E-state index in [9.17, 15) is 14.7 Å². The Labute approximate surface area is 154 Å². The van der Waals surface area contributed by atoms with Crippen LogP contribution in [0.15, 0.2) is 59.0 Å². The zero-order chi connectivity index (χ0) is 19.2. The average molecular weight is 364 g/mol. The quantitative estimate of drug-likeness (QED) is 0.666. The molecule has 0 radical (unpaired) electrons. The second-order valence-electron chi connectivity index (χ2n) is 5.84. The average Bonchev–Trinajstić information content (AvgIpc) is 3.11. The third kappa shape index (κ3) is 4.51. The van der Waals surface area contributed by atoms with Crippen LogP contribution < -0.4 is 5.32 Å². The molecule has 3 rings (SSSR count). The number of hydrogen-bond donors (Lipinski definition) is 2. The smallest absolute Gasteiger partial charge is 0.328 e. The van der Waals surface area contributed by atoms with Crippen molar-refractivity contribution in [3.8, 4) is 6.07 Å². The van der Waals surface area contributed by atoms with Gasteiger partial charge in [-0.05, 0) is 29.8 Å². The Morgan fingerprint density at radius 2 is 1.96 bits per heavy atom. The van der Waals surface area contributed by atoms with E-state index in [2.05, 4.69) is 5.32 Å². The maximum Gasteiger partial charge on any atom is 0.328 e. The van der Waals surface area contributed by atoms with Gasteiger partial charge in [0.25, 0.3) is 5.91 Å². The molecule has 136 valence electrons. The molecule has 7 heteroatoms. The molecular formula is C20H16N2O5. The van der Waals surface area contributed by atoms with Crippen LogP contribution in [-0.4, -0.2) is 29.6 Å². The highest BCUT2D eigenvalue weighted by atomic mass is 16.5. The SMILES string of the molecule is N#Cc1ccc2oc(C(=O)NC(COCc3ccccc3)C(=O)O)cc2c1. The van der Waals surface area contributed by atoms with Crippen molar-refractivity contribution in [1.29, 1.82) is 5.26 Å². The third-order valence-electron chi connectivity index (χ3n) is 3.87. The largest absolute Gasteiger partial charge is 0.480 e. The summed E-state index contributed by atoms with van der Waals surface area (Å²) < 4.78 is 10.8. The minimum Gasteiger partial charge on any atom is -0.480 e. The molecule has 0 saturated heterocycles. The zero-order valence-corrected chi connectivity index (χ0v) is 14.2. The number of carboxylic acids is 1. The number of nitrogens with zero attached hydrogens (tertiary/aromatic N) is 1. The number of fused-ring (bicyclic) bond motifs is 1. The van der Waals surface area contributed by atoms with Gasteiger partial charge in [0.2, 0.25) is 0 Å². The van der Waals surface area contributed by atoms with E-state index in [-0.39, 0.29) is 19.0 Å². The van der Waals surface area contributed by atoms with Crippen LogP contribution >= 0.6 is 0 Å². The molecule has 0 aliphatic rings. The molecule has 3 aromatic rings. The van der Waals surface area contributed by atoms with E-state index in [0.717, 1.165) is 5.56 Å². The van der Waals surface area contributed by atoms with Gasteiger partial charge in [0, 0.05) is 5.39 Å². The Bertz CT molecular complexity index is 1000. The van der Waals surface area contributed by atoms with Gasteiger partial charge in [-0.3, -0.25) is 4.79 Å². The summed E-state index contributed by atoms with van der Waals surface area (Å²) >= 11 is 0. The molecule has 0 fully saturated rings. The summed E-state index contributed by atoms with van der Waals surface area (Å²) in [6, 6.07) is 16.3. The number of nitriles is 1. The van der Waals surface area contributed by atoms with Gasteiger partial charge in [-0.1, -0.05) is 30.3 Å². The predicted octanol–water partition coefficient (Wildman–Crippen LogP) is 2.70. The summed E-state index contributed by atoms with van der Waals surface area (Å²) in [7, 11) is 0. The molecule has 0 saturated carbocycles. The molecular weight excluding hydrogens is 348 g/mol. The van der Waals surface area contributed by atoms with Crippen LogP contribution in [0.4, 0.5) is 0 Å². The lowest BCUT2D eigenvalue weighted by Crippen LogP contribution is -2.43. The molecule has 1 atom stereocenters. The first-order valence-corrected chi connectivity index (χ1v) is 8.16. The number of rotatable bonds is 7. The van der Waals surface area contributed by atoms with E-state index < -0.39 is 17.9 Å². The summed E-state index contributed by atoms with van der Waals surface area (Å²) in [4.78, 5) is 23.7. The molecule has 2 N–H and O–H groups in total. The fraction of sp³-hybridized carbons (Fsp3) is 0.150. The van der Waals surface area contributed by atoms with Crippen molar-refractivity contribution in [3.63, 3.8) is 0 Å². The van der Waals surface area contributed by atoms with Crippen molar-refractivity contribution >= 4 is 22.8 Å². The van der Waals surface area contributed by atoms with Gasteiger partial charge in [-0.2, -0.15) is 5.26 Å². The number of hydrogen-bond acceptors (Lipinski definition) is 5. The number of aliphatic carboxylic acids is 1. The Morgan fingerprint density at radius 3 is 2.67 bits per heavy atom. The second kappa shape index (κ2) is 8.17. The maximum absolute atomic E-state index is 12.3. The van der Waals surface area contributed by atoms with Crippen molar-refractivity contribution < 1.29 is 23.8 Å². The van der Waals surface area contributed by atoms with Crippen molar-refractivity contribution in [2.75, 3.05) is 6.61 Å². The molecule has 1 amide bonds. The number of nitrogens with one attached hydrogen (secondary N) is 1. The molecule has 0 bridgehead atoms. The van der Waals surface area contributed by atoms with Gasteiger partial charge < -0.3 is 19.6 Å². The third-order valence-corrected chi connectivity index (χ3v) is 3.87. The van der Waals surface area contributed by atoms with Crippen LogP contribution in [0.1, 0.15) is 21.7 Å². The first kappa shape index (κ1) is 18.2. The normalized spacial score (nSPS) is 11.7. The van der Waals surface area contributed by atoms with Crippen LogP contribution in [0.5, 0.6) is 0 Å². The number of amides is 1. The molecule has 7 nitrogen and oxygen atoms in total. The maximum atomic E-state index is 12.3. The van der Waals surface area contributed by atoms with Crippen molar-refractivity contribution in [2.24, 2.45) is 0 Å². The Hall–Kier alpha value is -3.63. The van der Waals surface area contributed by atoms with Gasteiger partial charge in [0.15, 0.2) is 11.8 Å². The predicted molar refractivity (Wildman–Crippen MR) is 95.9 cm³/mol. The first-order valence-electron chi connectivity index (χ1n) is 8.16. The lowest BCUT2D eigenvalue weighted by atomic mass is 10.2. The fourth-order valence-electron chi connectivity index (χ4n) is 2.50. The van der Waals surface area contributed by atoms with Gasteiger partial charge in [-0.15, -0.1) is 0 Å². The lowest BCUT2D eigenvalue weighted by Gasteiger charge is -2.14. The number of ether oxygens (including phenoxy) is 1. The van der Waals surface area contributed by atoms with Crippen LogP contribution in [-0.2, 0) is 16.1 Å². The lowest BCUT2D eigenvalue weighted by molar-refractivity contribution is -0.141. The Balaban J connectivity index is 1.64. The van der Waals surface area contributed by atoms with Crippen LogP contribution in [0.3, 0.4) is 0 Å². The van der Waals surface area contributed by atoms with Gasteiger partial charge in [0.1, 0.15) is 5.58 Å². The summed E-state index contributed by atoms with van der Waals surface area (Å²) in [6.45, 7) is 0.0524. The van der Waals surface area contributed by atoms with Crippen LogP contribution in [0.25, 0.3) is 11.0 Å². The first-order chi connectivity index (χ1) is 13.1. The molecule has 0 aliphatic carbocycles. The minimum absolute atomic E-state index is 0.0330. The standard InChI is InChI=1S/C20H16N2O5/c21-10-14-6-7-17-15(8-14)9-18(27-17)19(23)22-16(20(24)25)12-26-11-13-4-2-1-3-5-13/h1-9,16H,11-12H2,(H,22,23)(H,24,25). The van der Waals surface area contributed by atoms with Crippen molar-refractivity contribution in [2.45, 2.75) is 12.6 Å². The summed E-state index contributed by atoms with van der Waals surface area (Å²) in [5.41, 5.74) is 1.78. The number of furan rings is 1. The summed E-state index contributed by atoms with van der Waals surface area (Å²) in [5.74, 6) is -1.91. The summed E-state index contributed by atoms with van der Waals surface area (Å²) in [5, 5.41) is 21.2. The van der Waals surface area contributed by atoms with Crippen LogP contribution in [0, 0.1) is 11.3 Å². The number of carbonyl (C=O) groups is 2. The Morgan fingerprint density at radius 1 is 1.19 bits per heavy atom. The molecule has 1 unspecified atom stereocenters. The van der Waals surface area contributed by atoms with E-state index in [1.807, 2.05) is 36.4 Å². The molecule has 0 aliphatic heterocycles. The number of carboxylic acid groups (broad SMARTS) is 1. The molecule has 1 aromatic heterocycles. The van der Waals surface area contributed by atoms with Crippen molar-refractivity contribution in [1.82, 2.24) is 5.32 Å². The van der Waals surface area contributed by atoms with E-state index in [1.165, 1.54) is 6.07 Å². The van der Waals surface area contributed by atoms with Crippen molar-refractivity contribution in [3.05, 3.63) is 71.5 Å². The number of carbonyl (C=O) groups excluding carboxylic acids is 1. The van der Waals surface area contributed by atoms with E-state index in [4.69, 9.17) is 14.4 Å². The molecule has 1 heterocycles. The zero-order valence-electron chi connectivity index (χ0n) is 14.2. The number of benzene rings is 2. The van der Waals surface area contributed by atoms with E-state index >= 15 is 0 Å². The highest BCUT2D eigenvalue weighted by molar-refractivity contribution is 5.98. The van der Waals surface area contributed by atoms with Gasteiger partial charge >= 0.3 is 5.97 Å². The van der Waals surface area contributed by atoms with E-state index in [1.54, 1.807) is 18.2 Å². The van der Waals surface area contributed by atoms with Gasteiger partial charge in [0.05, 0.1) is 24.8 Å².